The third-order valence-electron chi connectivity index (χ3n) is 5.07. The second kappa shape index (κ2) is 5.48. The summed E-state index contributed by atoms with van der Waals surface area (Å²) in [6.45, 7) is 9.11. The summed E-state index contributed by atoms with van der Waals surface area (Å²) in [6, 6.07) is 8.57. The largest absolute Gasteiger partial charge is 0.454 e. The summed E-state index contributed by atoms with van der Waals surface area (Å²) < 4.78 is 10.9. The van der Waals surface area contributed by atoms with E-state index in [1.807, 2.05) is 6.07 Å². The highest BCUT2D eigenvalue weighted by molar-refractivity contribution is 5.47. The number of likely N-dealkylation sites (tertiary alicyclic amines) is 1. The van der Waals surface area contributed by atoms with Gasteiger partial charge in [0.1, 0.15) is 0 Å². The molecule has 1 aromatic carbocycles. The van der Waals surface area contributed by atoms with Gasteiger partial charge in [-0.15, -0.1) is 0 Å². The molecule has 0 N–H and O–H groups in total. The zero-order valence-electron chi connectivity index (χ0n) is 13.7. The van der Waals surface area contributed by atoms with Gasteiger partial charge in [-0.05, 0) is 64.4 Å². The predicted octanol–water partition coefficient (Wildman–Crippen LogP) is 3.46. The van der Waals surface area contributed by atoms with Crippen molar-refractivity contribution in [1.29, 1.82) is 5.26 Å². The summed E-state index contributed by atoms with van der Waals surface area (Å²) in [5, 5.41) is 9.34. The zero-order valence-corrected chi connectivity index (χ0v) is 13.7. The molecule has 0 spiro atoms. The van der Waals surface area contributed by atoms with Gasteiger partial charge in [0.15, 0.2) is 11.5 Å². The summed E-state index contributed by atoms with van der Waals surface area (Å²) in [6.07, 6.45) is 2.58. The maximum absolute atomic E-state index is 9.34. The number of hydrogen-bond acceptors (Lipinski definition) is 4. The monoisotopic (exact) mass is 300 g/mol. The van der Waals surface area contributed by atoms with Crippen molar-refractivity contribution < 1.29 is 9.47 Å². The van der Waals surface area contributed by atoms with E-state index in [4.69, 9.17) is 9.47 Å². The molecule has 0 amide bonds. The van der Waals surface area contributed by atoms with Gasteiger partial charge in [0.05, 0.1) is 6.07 Å². The molecule has 0 aliphatic carbocycles. The fourth-order valence-corrected chi connectivity index (χ4v) is 3.55. The lowest BCUT2D eigenvalue weighted by Gasteiger charge is -2.46. The standard InChI is InChI=1S/C18H24N2O2/c1-17(2,3)20-10-7-18(6-9-19,8-11-20)14-4-5-15-16(12-14)22-13-21-15/h4-5,12H,6-8,10-11,13H2,1-3H3. The molecule has 4 nitrogen and oxygen atoms in total. The molecule has 2 aliphatic rings. The van der Waals surface area contributed by atoms with Gasteiger partial charge in [-0.3, -0.25) is 4.90 Å². The summed E-state index contributed by atoms with van der Waals surface area (Å²) in [7, 11) is 0. The lowest BCUT2D eigenvalue weighted by atomic mass is 9.70. The summed E-state index contributed by atoms with van der Waals surface area (Å²) in [5.41, 5.74) is 1.34. The summed E-state index contributed by atoms with van der Waals surface area (Å²) in [5.74, 6) is 1.62. The van der Waals surface area contributed by atoms with Crippen LogP contribution in [0.1, 0.15) is 45.6 Å². The minimum Gasteiger partial charge on any atom is -0.454 e. The molecule has 1 fully saturated rings. The lowest BCUT2D eigenvalue weighted by Crippen LogP contribution is -2.50. The maximum atomic E-state index is 9.34. The molecule has 0 aromatic heterocycles. The maximum Gasteiger partial charge on any atom is 0.231 e. The van der Waals surface area contributed by atoms with E-state index in [1.165, 1.54) is 5.56 Å². The second-order valence-electron chi connectivity index (χ2n) is 7.34. The van der Waals surface area contributed by atoms with Gasteiger partial charge in [-0.2, -0.15) is 5.26 Å². The van der Waals surface area contributed by atoms with Crippen molar-refractivity contribution in [3.05, 3.63) is 23.8 Å². The molecule has 0 bridgehead atoms. The van der Waals surface area contributed by atoms with Gasteiger partial charge >= 0.3 is 0 Å². The molecule has 2 heterocycles. The molecule has 1 saturated heterocycles. The third kappa shape index (κ3) is 2.66. The summed E-state index contributed by atoms with van der Waals surface area (Å²) >= 11 is 0. The van der Waals surface area contributed by atoms with Crippen LogP contribution in [0.4, 0.5) is 0 Å². The van der Waals surface area contributed by atoms with Crippen LogP contribution in [0.2, 0.25) is 0 Å². The quantitative estimate of drug-likeness (QED) is 0.839. The average molecular weight is 300 g/mol. The van der Waals surface area contributed by atoms with Crippen molar-refractivity contribution in [3.8, 4) is 17.6 Å². The van der Waals surface area contributed by atoms with E-state index in [0.717, 1.165) is 37.4 Å². The van der Waals surface area contributed by atoms with Crippen molar-refractivity contribution in [3.63, 3.8) is 0 Å². The number of hydrogen-bond donors (Lipinski definition) is 0. The van der Waals surface area contributed by atoms with E-state index in [9.17, 15) is 5.26 Å². The SMILES string of the molecule is CC(C)(C)N1CCC(CC#N)(c2ccc3c(c2)OCO3)CC1. The molecular weight excluding hydrogens is 276 g/mol. The molecule has 0 atom stereocenters. The highest BCUT2D eigenvalue weighted by Gasteiger charge is 2.39. The third-order valence-corrected chi connectivity index (χ3v) is 5.07. The van der Waals surface area contributed by atoms with Crippen LogP contribution < -0.4 is 9.47 Å². The van der Waals surface area contributed by atoms with Crippen LogP contribution in [0.3, 0.4) is 0 Å². The zero-order chi connectivity index (χ0) is 15.8. The van der Waals surface area contributed by atoms with E-state index in [-0.39, 0.29) is 11.0 Å². The van der Waals surface area contributed by atoms with Crippen LogP contribution in [0.15, 0.2) is 18.2 Å². The Labute approximate surface area is 132 Å². The Morgan fingerprint density at radius 3 is 2.50 bits per heavy atom. The highest BCUT2D eigenvalue weighted by atomic mass is 16.7. The van der Waals surface area contributed by atoms with E-state index in [1.54, 1.807) is 0 Å². The van der Waals surface area contributed by atoms with Crippen LogP contribution in [0.25, 0.3) is 0 Å². The number of piperidine rings is 1. The molecular formula is C18H24N2O2. The molecule has 0 radical (unpaired) electrons. The molecule has 1 aromatic rings. The number of fused-ring (bicyclic) bond motifs is 1. The Morgan fingerprint density at radius 2 is 1.86 bits per heavy atom. The average Bonchev–Trinajstić information content (AvgIpc) is 2.94. The minimum absolute atomic E-state index is 0.0581. The predicted molar refractivity (Wildman–Crippen MR) is 85.0 cm³/mol. The van der Waals surface area contributed by atoms with Crippen LogP contribution >= 0.6 is 0 Å². The first-order valence-corrected chi connectivity index (χ1v) is 7.97. The van der Waals surface area contributed by atoms with Crippen LogP contribution in [0, 0.1) is 11.3 Å². The van der Waals surface area contributed by atoms with Crippen LogP contribution in [0.5, 0.6) is 11.5 Å². The van der Waals surface area contributed by atoms with Crippen LogP contribution in [-0.4, -0.2) is 30.3 Å². The van der Waals surface area contributed by atoms with Crippen molar-refractivity contribution in [1.82, 2.24) is 4.90 Å². The fraction of sp³-hybridized carbons (Fsp3) is 0.611. The van der Waals surface area contributed by atoms with Crippen molar-refractivity contribution in [2.75, 3.05) is 19.9 Å². The number of nitriles is 1. The molecule has 0 saturated carbocycles. The van der Waals surface area contributed by atoms with Gasteiger partial charge in [0.25, 0.3) is 0 Å². The highest BCUT2D eigenvalue weighted by Crippen LogP contribution is 2.43. The van der Waals surface area contributed by atoms with Gasteiger partial charge in [0, 0.05) is 17.4 Å². The smallest absolute Gasteiger partial charge is 0.231 e. The topological polar surface area (TPSA) is 45.5 Å². The molecule has 2 aliphatic heterocycles. The first-order chi connectivity index (χ1) is 10.4. The summed E-state index contributed by atoms with van der Waals surface area (Å²) in [4.78, 5) is 2.51. The van der Waals surface area contributed by atoms with Crippen molar-refractivity contribution in [2.24, 2.45) is 0 Å². The molecule has 3 rings (SSSR count). The van der Waals surface area contributed by atoms with E-state index >= 15 is 0 Å². The van der Waals surface area contributed by atoms with Gasteiger partial charge in [-0.1, -0.05) is 6.07 Å². The Kier molecular flexibility index (Phi) is 3.78. The van der Waals surface area contributed by atoms with Gasteiger partial charge in [0.2, 0.25) is 6.79 Å². The molecule has 0 unspecified atom stereocenters. The molecule has 118 valence electrons. The minimum atomic E-state index is -0.0581. The van der Waals surface area contributed by atoms with E-state index < -0.39 is 0 Å². The number of ether oxygens (including phenoxy) is 2. The molecule has 4 heteroatoms. The Bertz CT molecular complexity index is 590. The van der Waals surface area contributed by atoms with E-state index in [2.05, 4.69) is 43.9 Å². The number of rotatable bonds is 2. The van der Waals surface area contributed by atoms with E-state index in [0.29, 0.717) is 13.2 Å². The first-order valence-electron chi connectivity index (χ1n) is 7.97. The number of benzene rings is 1. The Morgan fingerprint density at radius 1 is 1.18 bits per heavy atom. The Balaban J connectivity index is 1.86. The first kappa shape index (κ1) is 15.2. The van der Waals surface area contributed by atoms with Crippen molar-refractivity contribution >= 4 is 0 Å². The normalized spacial score (nSPS) is 20.6. The fourth-order valence-electron chi connectivity index (χ4n) is 3.55. The van der Waals surface area contributed by atoms with Gasteiger partial charge < -0.3 is 9.47 Å². The van der Waals surface area contributed by atoms with Crippen LogP contribution in [-0.2, 0) is 5.41 Å². The van der Waals surface area contributed by atoms with Crippen molar-refractivity contribution in [2.45, 2.75) is 51.0 Å². The Hall–Kier alpha value is -1.73. The number of nitrogens with zero attached hydrogens (tertiary/aromatic N) is 2. The second-order valence-corrected chi connectivity index (χ2v) is 7.34. The molecule has 22 heavy (non-hydrogen) atoms. The van der Waals surface area contributed by atoms with Gasteiger partial charge in [-0.25, -0.2) is 0 Å². The lowest BCUT2D eigenvalue weighted by molar-refractivity contribution is 0.0751.